The maximum atomic E-state index is 11.9. The summed E-state index contributed by atoms with van der Waals surface area (Å²) in [7, 11) is 0. The first-order valence-electron chi connectivity index (χ1n) is 7.07. The van der Waals surface area contributed by atoms with Crippen LogP contribution in [-0.4, -0.2) is 30.5 Å². The zero-order valence-corrected chi connectivity index (χ0v) is 11.6. The summed E-state index contributed by atoms with van der Waals surface area (Å²) in [6.07, 6.45) is 1.55. The van der Waals surface area contributed by atoms with E-state index in [9.17, 15) is 4.79 Å². The average molecular weight is 273 g/mol. The topological polar surface area (TPSA) is 67.2 Å². The highest BCUT2D eigenvalue weighted by Gasteiger charge is 2.21. The molecule has 0 bridgehead atoms. The van der Waals surface area contributed by atoms with Crippen LogP contribution in [0, 0.1) is 12.8 Å². The van der Waals surface area contributed by atoms with Gasteiger partial charge in [-0.25, -0.2) is 4.98 Å². The van der Waals surface area contributed by atoms with Crippen LogP contribution in [0.5, 0.6) is 0 Å². The van der Waals surface area contributed by atoms with Crippen molar-refractivity contribution in [2.75, 3.05) is 19.6 Å². The number of amides is 1. The van der Waals surface area contributed by atoms with Gasteiger partial charge in [0.2, 0.25) is 5.91 Å². The molecule has 3 rings (SSSR count). The molecule has 0 spiro atoms. The summed E-state index contributed by atoms with van der Waals surface area (Å²) in [4.78, 5) is 16.3. The molecule has 0 saturated carbocycles. The third-order valence-electron chi connectivity index (χ3n) is 3.73. The Kier molecular flexibility index (Phi) is 3.69. The van der Waals surface area contributed by atoms with Crippen LogP contribution in [0.4, 0.5) is 0 Å². The number of aryl methyl sites for hydroxylation is 1. The number of aromatic nitrogens is 1. The maximum absolute atomic E-state index is 11.9. The minimum absolute atomic E-state index is 0.112. The molecule has 1 fully saturated rings. The Bertz CT molecular complexity index is 615. The average Bonchev–Trinajstić information content (AvgIpc) is 3.07. The van der Waals surface area contributed by atoms with Gasteiger partial charge in [0.05, 0.1) is 5.92 Å². The summed E-state index contributed by atoms with van der Waals surface area (Å²) in [5.74, 6) is 0.919. The Labute approximate surface area is 117 Å². The summed E-state index contributed by atoms with van der Waals surface area (Å²) < 4.78 is 5.68. The third kappa shape index (κ3) is 2.67. The van der Waals surface area contributed by atoms with E-state index in [1.807, 2.05) is 25.1 Å². The molecule has 1 amide bonds. The smallest absolute Gasteiger partial charge is 0.224 e. The van der Waals surface area contributed by atoms with Crippen LogP contribution >= 0.6 is 0 Å². The second kappa shape index (κ2) is 5.63. The molecule has 2 aromatic rings. The van der Waals surface area contributed by atoms with E-state index in [-0.39, 0.29) is 11.8 Å². The van der Waals surface area contributed by atoms with Crippen LogP contribution in [0.2, 0.25) is 0 Å². The molecule has 1 aliphatic rings. The highest BCUT2D eigenvalue weighted by molar-refractivity contribution is 5.79. The van der Waals surface area contributed by atoms with Gasteiger partial charge in [-0.05, 0) is 31.5 Å². The number of benzene rings is 1. The summed E-state index contributed by atoms with van der Waals surface area (Å²) in [5, 5.41) is 6.15. The normalized spacial score (nSPS) is 18.6. The molecule has 1 aliphatic heterocycles. The van der Waals surface area contributed by atoms with Crippen molar-refractivity contribution in [1.29, 1.82) is 0 Å². The summed E-state index contributed by atoms with van der Waals surface area (Å²) in [6.45, 7) is 4.31. The van der Waals surface area contributed by atoms with Crippen LogP contribution in [0.3, 0.4) is 0 Å². The zero-order valence-electron chi connectivity index (χ0n) is 11.6. The highest BCUT2D eigenvalue weighted by Crippen LogP contribution is 2.18. The Morgan fingerprint density at radius 1 is 1.55 bits per heavy atom. The lowest BCUT2D eigenvalue weighted by atomic mass is 10.1. The molecule has 2 N–H and O–H groups in total. The molecule has 5 heteroatoms. The van der Waals surface area contributed by atoms with E-state index < -0.39 is 0 Å². The molecular formula is C15H19N3O2. The van der Waals surface area contributed by atoms with Gasteiger partial charge >= 0.3 is 0 Å². The molecule has 20 heavy (non-hydrogen) atoms. The first-order chi connectivity index (χ1) is 9.74. The number of hydrogen-bond acceptors (Lipinski definition) is 4. The molecule has 1 atom stereocenters. The number of carbonyl (C=O) groups is 1. The molecule has 106 valence electrons. The number of fused-ring (bicyclic) bond motifs is 1. The fourth-order valence-corrected chi connectivity index (χ4v) is 2.55. The molecule has 1 aromatic heterocycles. The fraction of sp³-hybridized carbons (Fsp3) is 0.467. The third-order valence-corrected chi connectivity index (χ3v) is 3.73. The standard InChI is InChI=1S/C15H19N3O2/c1-10-3-2-4-12-14(10)18-13(20-12)6-8-17-15(19)11-5-7-16-9-11/h2-4,11,16H,5-9H2,1H3,(H,17,19). The van der Waals surface area contributed by atoms with Gasteiger partial charge in [0, 0.05) is 19.5 Å². The van der Waals surface area contributed by atoms with Crippen LogP contribution in [0.25, 0.3) is 11.1 Å². The first-order valence-corrected chi connectivity index (χ1v) is 7.07. The largest absolute Gasteiger partial charge is 0.441 e. The maximum Gasteiger partial charge on any atom is 0.224 e. The Morgan fingerprint density at radius 3 is 3.20 bits per heavy atom. The number of carbonyl (C=O) groups excluding carboxylic acids is 1. The molecule has 1 aromatic carbocycles. The number of nitrogens with one attached hydrogen (secondary N) is 2. The van der Waals surface area contributed by atoms with Crippen molar-refractivity contribution < 1.29 is 9.21 Å². The summed E-state index contributed by atoms with van der Waals surface area (Å²) in [5.41, 5.74) is 2.83. The number of para-hydroxylation sites is 1. The van der Waals surface area contributed by atoms with E-state index >= 15 is 0 Å². The number of oxazole rings is 1. The van der Waals surface area contributed by atoms with E-state index in [0.717, 1.165) is 36.2 Å². The first kappa shape index (κ1) is 13.1. The van der Waals surface area contributed by atoms with E-state index in [4.69, 9.17) is 4.42 Å². The molecular weight excluding hydrogens is 254 g/mol. The number of rotatable bonds is 4. The second-order valence-corrected chi connectivity index (χ2v) is 5.26. The van der Waals surface area contributed by atoms with E-state index in [2.05, 4.69) is 15.6 Å². The second-order valence-electron chi connectivity index (χ2n) is 5.26. The summed E-state index contributed by atoms with van der Waals surface area (Å²) >= 11 is 0. The molecule has 1 saturated heterocycles. The van der Waals surface area contributed by atoms with Crippen molar-refractivity contribution in [3.63, 3.8) is 0 Å². The minimum atomic E-state index is 0.112. The fourth-order valence-electron chi connectivity index (χ4n) is 2.55. The van der Waals surface area contributed by atoms with E-state index in [1.54, 1.807) is 0 Å². The monoisotopic (exact) mass is 273 g/mol. The van der Waals surface area contributed by atoms with Crippen LogP contribution < -0.4 is 10.6 Å². The predicted molar refractivity (Wildman–Crippen MR) is 76.4 cm³/mol. The lowest BCUT2D eigenvalue weighted by molar-refractivity contribution is -0.124. The van der Waals surface area contributed by atoms with Gasteiger partial charge in [-0.1, -0.05) is 12.1 Å². The van der Waals surface area contributed by atoms with Gasteiger partial charge in [0.1, 0.15) is 5.52 Å². The van der Waals surface area contributed by atoms with Crippen LogP contribution in [0.15, 0.2) is 22.6 Å². The molecule has 0 radical (unpaired) electrons. The molecule has 0 aliphatic carbocycles. The number of hydrogen-bond donors (Lipinski definition) is 2. The van der Waals surface area contributed by atoms with Crippen molar-refractivity contribution in [2.24, 2.45) is 5.92 Å². The van der Waals surface area contributed by atoms with Gasteiger partial charge in [-0.3, -0.25) is 4.79 Å². The van der Waals surface area contributed by atoms with Crippen molar-refractivity contribution in [1.82, 2.24) is 15.6 Å². The van der Waals surface area contributed by atoms with Crippen LogP contribution in [-0.2, 0) is 11.2 Å². The van der Waals surface area contributed by atoms with Crippen molar-refractivity contribution in [3.05, 3.63) is 29.7 Å². The Hall–Kier alpha value is -1.88. The van der Waals surface area contributed by atoms with Crippen molar-refractivity contribution in [2.45, 2.75) is 19.8 Å². The van der Waals surface area contributed by atoms with Gasteiger partial charge in [0.15, 0.2) is 11.5 Å². The summed E-state index contributed by atoms with van der Waals surface area (Å²) in [6, 6.07) is 5.90. The predicted octanol–water partition coefficient (Wildman–Crippen LogP) is 1.40. The van der Waals surface area contributed by atoms with Gasteiger partial charge < -0.3 is 15.1 Å². The van der Waals surface area contributed by atoms with Crippen LogP contribution in [0.1, 0.15) is 17.9 Å². The SMILES string of the molecule is Cc1cccc2oc(CCNC(=O)C3CCNC3)nc12. The molecule has 2 heterocycles. The number of nitrogens with zero attached hydrogens (tertiary/aromatic N) is 1. The lowest BCUT2D eigenvalue weighted by Crippen LogP contribution is -2.33. The van der Waals surface area contributed by atoms with Crippen molar-refractivity contribution in [3.8, 4) is 0 Å². The Balaban J connectivity index is 1.57. The van der Waals surface area contributed by atoms with Gasteiger partial charge in [0.25, 0.3) is 0 Å². The lowest BCUT2D eigenvalue weighted by Gasteiger charge is -2.08. The Morgan fingerprint density at radius 2 is 2.45 bits per heavy atom. The minimum Gasteiger partial charge on any atom is -0.441 e. The van der Waals surface area contributed by atoms with Crippen molar-refractivity contribution >= 4 is 17.0 Å². The zero-order chi connectivity index (χ0) is 13.9. The van der Waals surface area contributed by atoms with E-state index in [0.29, 0.717) is 18.9 Å². The van der Waals surface area contributed by atoms with E-state index in [1.165, 1.54) is 0 Å². The highest BCUT2D eigenvalue weighted by atomic mass is 16.3. The van der Waals surface area contributed by atoms with Gasteiger partial charge in [-0.15, -0.1) is 0 Å². The van der Waals surface area contributed by atoms with Gasteiger partial charge in [-0.2, -0.15) is 0 Å². The molecule has 5 nitrogen and oxygen atoms in total. The quantitative estimate of drug-likeness (QED) is 0.883. The molecule has 1 unspecified atom stereocenters.